The molecule has 0 bridgehead atoms. The summed E-state index contributed by atoms with van der Waals surface area (Å²) in [5.41, 5.74) is 1.91. The van der Waals surface area contributed by atoms with Crippen LogP contribution < -0.4 is 5.32 Å². The second-order valence-electron chi connectivity index (χ2n) is 7.11. The van der Waals surface area contributed by atoms with E-state index in [2.05, 4.69) is 21.5 Å². The van der Waals surface area contributed by atoms with Crippen LogP contribution in [0.15, 0.2) is 42.5 Å². The first-order valence-corrected chi connectivity index (χ1v) is 9.27. The fourth-order valence-electron chi connectivity index (χ4n) is 3.72. The molecule has 1 aliphatic carbocycles. The van der Waals surface area contributed by atoms with Crippen LogP contribution in [0.1, 0.15) is 48.3 Å². The van der Waals surface area contributed by atoms with E-state index >= 15 is 0 Å². The largest absolute Gasteiger partial charge is 0.332 e. The third kappa shape index (κ3) is 3.17. The SMILES string of the molecule is Cc1nn(-c2ccccc2)c2nc(C(=O)NC3(C#N)CCCCC3)ccc12. The molecule has 0 saturated heterocycles. The molecule has 1 amide bonds. The number of amides is 1. The molecule has 1 N–H and O–H groups in total. The maximum atomic E-state index is 12.8. The number of nitrogens with one attached hydrogen (secondary N) is 1. The van der Waals surface area contributed by atoms with Crippen LogP contribution in [0.25, 0.3) is 16.7 Å². The molecule has 3 aromatic rings. The zero-order valence-electron chi connectivity index (χ0n) is 15.3. The molecule has 1 saturated carbocycles. The van der Waals surface area contributed by atoms with Gasteiger partial charge in [-0.15, -0.1) is 0 Å². The average molecular weight is 359 g/mol. The lowest BCUT2D eigenvalue weighted by atomic mass is 9.83. The van der Waals surface area contributed by atoms with E-state index in [9.17, 15) is 10.1 Å². The van der Waals surface area contributed by atoms with Crippen LogP contribution in [0, 0.1) is 18.3 Å². The van der Waals surface area contributed by atoms with Gasteiger partial charge in [-0.25, -0.2) is 9.67 Å². The highest BCUT2D eigenvalue weighted by molar-refractivity contribution is 5.95. The predicted octanol–water partition coefficient (Wildman–Crippen LogP) is 3.69. The van der Waals surface area contributed by atoms with Crippen molar-refractivity contribution in [2.45, 2.75) is 44.6 Å². The normalized spacial score (nSPS) is 16.0. The van der Waals surface area contributed by atoms with Gasteiger partial charge in [-0.05, 0) is 44.0 Å². The molecule has 4 rings (SSSR count). The molecule has 1 fully saturated rings. The number of pyridine rings is 1. The van der Waals surface area contributed by atoms with Crippen molar-refractivity contribution in [3.63, 3.8) is 0 Å². The minimum atomic E-state index is -0.776. The standard InChI is InChI=1S/C21H21N5O/c1-15-17-10-11-18(20(27)24-21(14-22)12-6-3-7-13-21)23-19(17)26(25-15)16-8-4-2-5-9-16/h2,4-5,8-11H,3,6-7,12-13H2,1H3,(H,24,27). The monoisotopic (exact) mass is 359 g/mol. The molecule has 6 heteroatoms. The van der Waals surface area contributed by atoms with Gasteiger partial charge in [-0.2, -0.15) is 10.4 Å². The third-order valence-corrected chi connectivity index (χ3v) is 5.22. The van der Waals surface area contributed by atoms with Crippen molar-refractivity contribution in [2.75, 3.05) is 0 Å². The quantitative estimate of drug-likeness (QED) is 0.773. The minimum Gasteiger partial charge on any atom is -0.332 e. The van der Waals surface area contributed by atoms with Gasteiger partial charge in [-0.3, -0.25) is 4.79 Å². The van der Waals surface area contributed by atoms with Gasteiger partial charge in [0.1, 0.15) is 11.2 Å². The Morgan fingerprint density at radius 1 is 1.15 bits per heavy atom. The lowest BCUT2D eigenvalue weighted by molar-refractivity contribution is 0.0898. The van der Waals surface area contributed by atoms with E-state index in [1.54, 1.807) is 10.7 Å². The van der Waals surface area contributed by atoms with Crippen LogP contribution in [-0.4, -0.2) is 26.2 Å². The molecular weight excluding hydrogens is 338 g/mol. The molecule has 1 aliphatic rings. The number of carbonyl (C=O) groups is 1. The van der Waals surface area contributed by atoms with Crippen LogP contribution in [0.5, 0.6) is 0 Å². The number of hydrogen-bond donors (Lipinski definition) is 1. The smallest absolute Gasteiger partial charge is 0.271 e. The Kier molecular flexibility index (Phi) is 4.36. The number of carbonyl (C=O) groups excluding carboxylic acids is 1. The Morgan fingerprint density at radius 2 is 1.89 bits per heavy atom. The molecule has 2 heterocycles. The highest BCUT2D eigenvalue weighted by Gasteiger charge is 2.34. The van der Waals surface area contributed by atoms with Gasteiger partial charge >= 0.3 is 0 Å². The first-order chi connectivity index (χ1) is 13.1. The van der Waals surface area contributed by atoms with Gasteiger partial charge < -0.3 is 5.32 Å². The average Bonchev–Trinajstić information content (AvgIpc) is 3.05. The van der Waals surface area contributed by atoms with E-state index in [4.69, 9.17) is 0 Å². The number of nitriles is 1. The topological polar surface area (TPSA) is 83.6 Å². The van der Waals surface area contributed by atoms with Gasteiger partial charge in [0.25, 0.3) is 5.91 Å². The van der Waals surface area contributed by atoms with Gasteiger partial charge in [0.2, 0.25) is 0 Å². The first kappa shape index (κ1) is 17.2. The molecule has 0 unspecified atom stereocenters. The zero-order valence-corrected chi connectivity index (χ0v) is 15.3. The minimum absolute atomic E-state index is 0.305. The van der Waals surface area contributed by atoms with Gasteiger partial charge in [0, 0.05) is 5.39 Å². The number of nitrogens with zero attached hydrogens (tertiary/aromatic N) is 4. The molecule has 2 aromatic heterocycles. The summed E-state index contributed by atoms with van der Waals surface area (Å²) in [5, 5.41) is 18.0. The highest BCUT2D eigenvalue weighted by Crippen LogP contribution is 2.28. The van der Waals surface area contributed by atoms with E-state index in [0.29, 0.717) is 24.2 Å². The number of benzene rings is 1. The van der Waals surface area contributed by atoms with E-state index in [1.807, 2.05) is 43.3 Å². The number of para-hydroxylation sites is 1. The number of hydrogen-bond acceptors (Lipinski definition) is 4. The lowest BCUT2D eigenvalue weighted by Gasteiger charge is -2.31. The van der Waals surface area contributed by atoms with Crippen LogP contribution >= 0.6 is 0 Å². The molecule has 136 valence electrons. The van der Waals surface area contributed by atoms with E-state index in [0.717, 1.165) is 36.0 Å². The van der Waals surface area contributed by atoms with Crippen LogP contribution in [0.4, 0.5) is 0 Å². The Labute approximate surface area is 157 Å². The van der Waals surface area contributed by atoms with E-state index < -0.39 is 5.54 Å². The molecular formula is C21H21N5O. The number of rotatable bonds is 3. The molecule has 0 aliphatic heterocycles. The van der Waals surface area contributed by atoms with Crippen molar-refractivity contribution < 1.29 is 4.79 Å². The summed E-state index contributed by atoms with van der Waals surface area (Å²) >= 11 is 0. The number of aryl methyl sites for hydroxylation is 1. The first-order valence-electron chi connectivity index (χ1n) is 9.27. The second kappa shape index (κ2) is 6.84. The molecule has 0 atom stereocenters. The van der Waals surface area contributed by atoms with Crippen molar-refractivity contribution in [2.24, 2.45) is 0 Å². The van der Waals surface area contributed by atoms with Gasteiger partial charge in [-0.1, -0.05) is 37.5 Å². The lowest BCUT2D eigenvalue weighted by Crippen LogP contribution is -2.48. The number of fused-ring (bicyclic) bond motifs is 1. The predicted molar refractivity (Wildman–Crippen MR) is 102 cm³/mol. The molecule has 0 radical (unpaired) electrons. The third-order valence-electron chi connectivity index (χ3n) is 5.22. The summed E-state index contributed by atoms with van der Waals surface area (Å²) in [6.45, 7) is 1.93. The molecule has 6 nitrogen and oxygen atoms in total. The summed E-state index contributed by atoms with van der Waals surface area (Å²) < 4.78 is 1.75. The Balaban J connectivity index is 1.71. The maximum Gasteiger partial charge on any atom is 0.271 e. The summed E-state index contributed by atoms with van der Waals surface area (Å²) in [6.07, 6.45) is 4.41. The highest BCUT2D eigenvalue weighted by atomic mass is 16.2. The molecule has 1 aromatic carbocycles. The second-order valence-corrected chi connectivity index (χ2v) is 7.11. The maximum absolute atomic E-state index is 12.8. The van der Waals surface area contributed by atoms with Gasteiger partial charge in [0.15, 0.2) is 5.65 Å². The summed E-state index contributed by atoms with van der Waals surface area (Å²) in [5.74, 6) is -0.307. The summed E-state index contributed by atoms with van der Waals surface area (Å²) in [4.78, 5) is 17.4. The van der Waals surface area contributed by atoms with Crippen molar-refractivity contribution in [1.82, 2.24) is 20.1 Å². The van der Waals surface area contributed by atoms with E-state index in [1.165, 1.54) is 0 Å². The van der Waals surface area contributed by atoms with Crippen molar-refractivity contribution in [1.29, 1.82) is 5.26 Å². The van der Waals surface area contributed by atoms with E-state index in [-0.39, 0.29) is 5.91 Å². The number of aromatic nitrogens is 3. The Bertz CT molecular complexity index is 1030. The Morgan fingerprint density at radius 3 is 2.59 bits per heavy atom. The fourth-order valence-corrected chi connectivity index (χ4v) is 3.72. The fraction of sp³-hybridized carbons (Fsp3) is 0.333. The van der Waals surface area contributed by atoms with Crippen LogP contribution in [0.3, 0.4) is 0 Å². The van der Waals surface area contributed by atoms with Gasteiger partial charge in [0.05, 0.1) is 17.5 Å². The molecule has 27 heavy (non-hydrogen) atoms. The summed E-state index contributed by atoms with van der Waals surface area (Å²) in [7, 11) is 0. The Hall–Kier alpha value is -3.20. The molecule has 0 spiro atoms. The van der Waals surface area contributed by atoms with Crippen molar-refractivity contribution in [3.05, 3.63) is 53.9 Å². The van der Waals surface area contributed by atoms with Crippen LogP contribution in [0.2, 0.25) is 0 Å². The van der Waals surface area contributed by atoms with Crippen molar-refractivity contribution >= 4 is 16.9 Å². The summed E-state index contributed by atoms with van der Waals surface area (Å²) in [6, 6.07) is 15.6. The van der Waals surface area contributed by atoms with Crippen molar-refractivity contribution in [3.8, 4) is 11.8 Å². The zero-order chi connectivity index (χ0) is 18.9. The van der Waals surface area contributed by atoms with Crippen LogP contribution in [-0.2, 0) is 0 Å².